The van der Waals surface area contributed by atoms with Crippen molar-refractivity contribution in [3.8, 4) is 0 Å². The van der Waals surface area contributed by atoms with E-state index in [0.717, 1.165) is 24.0 Å². The standard InChI is InChI=1S/C15H24BrN3/c1-11(2)10-19-6-4-3-5-14(17)15(19)12-7-13(16)9-18-8-12/h7-9,11,14-15H,3-6,10,17H2,1-2H3. The quantitative estimate of drug-likeness (QED) is 0.926. The highest BCUT2D eigenvalue weighted by molar-refractivity contribution is 9.10. The lowest BCUT2D eigenvalue weighted by Gasteiger charge is -2.34. The van der Waals surface area contributed by atoms with Crippen LogP contribution in [0.2, 0.25) is 0 Å². The molecule has 1 aromatic heterocycles. The number of rotatable bonds is 3. The van der Waals surface area contributed by atoms with Crippen molar-refractivity contribution in [1.82, 2.24) is 9.88 Å². The number of aromatic nitrogens is 1. The van der Waals surface area contributed by atoms with E-state index in [1.165, 1.54) is 18.4 Å². The summed E-state index contributed by atoms with van der Waals surface area (Å²) in [4.78, 5) is 6.86. The molecule has 2 heterocycles. The van der Waals surface area contributed by atoms with E-state index in [-0.39, 0.29) is 6.04 Å². The first-order valence-electron chi connectivity index (χ1n) is 7.18. The summed E-state index contributed by atoms with van der Waals surface area (Å²) in [5, 5.41) is 0. The Morgan fingerprint density at radius 2 is 2.21 bits per heavy atom. The van der Waals surface area contributed by atoms with Crippen molar-refractivity contribution < 1.29 is 0 Å². The molecule has 3 nitrogen and oxygen atoms in total. The summed E-state index contributed by atoms with van der Waals surface area (Å²) in [5.41, 5.74) is 7.68. The summed E-state index contributed by atoms with van der Waals surface area (Å²) in [5.74, 6) is 0.660. The normalized spacial score (nSPS) is 25.5. The molecule has 0 aromatic carbocycles. The lowest BCUT2D eigenvalue weighted by Crippen LogP contribution is -2.41. The van der Waals surface area contributed by atoms with Gasteiger partial charge in [-0.2, -0.15) is 0 Å². The molecular weight excluding hydrogens is 302 g/mol. The van der Waals surface area contributed by atoms with E-state index in [1.807, 2.05) is 12.4 Å². The Hall–Kier alpha value is -0.450. The molecule has 19 heavy (non-hydrogen) atoms. The van der Waals surface area contributed by atoms with Crippen LogP contribution in [0, 0.1) is 5.92 Å². The summed E-state index contributed by atoms with van der Waals surface area (Å²) in [7, 11) is 0. The maximum atomic E-state index is 6.44. The summed E-state index contributed by atoms with van der Waals surface area (Å²) >= 11 is 3.52. The Balaban J connectivity index is 2.28. The Morgan fingerprint density at radius 3 is 2.89 bits per heavy atom. The van der Waals surface area contributed by atoms with Gasteiger partial charge in [0.2, 0.25) is 0 Å². The van der Waals surface area contributed by atoms with Crippen LogP contribution in [0.1, 0.15) is 44.7 Å². The molecule has 1 aliphatic rings. The van der Waals surface area contributed by atoms with Gasteiger partial charge in [0.05, 0.1) is 6.04 Å². The van der Waals surface area contributed by atoms with Crippen LogP contribution in [0.25, 0.3) is 0 Å². The third-order valence-corrected chi connectivity index (χ3v) is 4.13. The summed E-state index contributed by atoms with van der Waals surface area (Å²) in [6, 6.07) is 2.67. The maximum Gasteiger partial charge on any atom is 0.0514 e. The highest BCUT2D eigenvalue weighted by Gasteiger charge is 2.29. The highest BCUT2D eigenvalue weighted by Crippen LogP contribution is 2.30. The van der Waals surface area contributed by atoms with E-state index in [0.29, 0.717) is 12.0 Å². The molecule has 1 aliphatic heterocycles. The Bertz CT molecular complexity index is 408. The van der Waals surface area contributed by atoms with Gasteiger partial charge in [-0.05, 0) is 52.9 Å². The molecule has 4 heteroatoms. The van der Waals surface area contributed by atoms with Gasteiger partial charge >= 0.3 is 0 Å². The van der Waals surface area contributed by atoms with E-state index in [1.54, 1.807) is 0 Å². The predicted octanol–water partition coefficient (Wildman–Crippen LogP) is 3.35. The largest absolute Gasteiger partial charge is 0.326 e. The molecule has 1 aromatic rings. The molecule has 2 unspecified atom stereocenters. The number of hydrogen-bond acceptors (Lipinski definition) is 3. The minimum Gasteiger partial charge on any atom is -0.326 e. The third-order valence-electron chi connectivity index (χ3n) is 3.70. The van der Waals surface area contributed by atoms with Crippen molar-refractivity contribution in [2.75, 3.05) is 13.1 Å². The monoisotopic (exact) mass is 325 g/mol. The van der Waals surface area contributed by atoms with E-state index in [9.17, 15) is 0 Å². The third kappa shape index (κ3) is 4.01. The number of nitrogens with two attached hydrogens (primary N) is 1. The second-order valence-electron chi connectivity index (χ2n) is 5.93. The van der Waals surface area contributed by atoms with Crippen molar-refractivity contribution >= 4 is 15.9 Å². The van der Waals surface area contributed by atoms with Crippen LogP contribution in [-0.2, 0) is 0 Å². The molecule has 0 aliphatic carbocycles. The van der Waals surface area contributed by atoms with Gasteiger partial charge < -0.3 is 5.73 Å². The predicted molar refractivity (Wildman–Crippen MR) is 82.9 cm³/mol. The van der Waals surface area contributed by atoms with Crippen LogP contribution in [0.4, 0.5) is 0 Å². The first-order chi connectivity index (χ1) is 9.08. The molecule has 2 rings (SSSR count). The number of likely N-dealkylation sites (tertiary alicyclic amines) is 1. The maximum absolute atomic E-state index is 6.44. The van der Waals surface area contributed by atoms with Gasteiger partial charge in [-0.15, -0.1) is 0 Å². The van der Waals surface area contributed by atoms with Crippen molar-refractivity contribution in [2.24, 2.45) is 11.7 Å². The lowest BCUT2D eigenvalue weighted by molar-refractivity contribution is 0.165. The average Bonchev–Trinajstić information content (AvgIpc) is 2.50. The van der Waals surface area contributed by atoms with Crippen LogP contribution in [0.3, 0.4) is 0 Å². The Morgan fingerprint density at radius 1 is 1.42 bits per heavy atom. The van der Waals surface area contributed by atoms with Crippen molar-refractivity contribution in [3.05, 3.63) is 28.5 Å². The van der Waals surface area contributed by atoms with E-state index < -0.39 is 0 Å². The summed E-state index contributed by atoms with van der Waals surface area (Å²) in [6.07, 6.45) is 7.38. The van der Waals surface area contributed by atoms with Crippen molar-refractivity contribution in [3.63, 3.8) is 0 Å². The molecule has 2 atom stereocenters. The van der Waals surface area contributed by atoms with Gasteiger partial charge in [0.1, 0.15) is 0 Å². The Labute approximate surface area is 124 Å². The smallest absolute Gasteiger partial charge is 0.0514 e. The first kappa shape index (κ1) is 14.9. The molecule has 0 radical (unpaired) electrons. The van der Waals surface area contributed by atoms with Crippen molar-refractivity contribution in [1.29, 1.82) is 0 Å². The van der Waals surface area contributed by atoms with Crippen LogP contribution in [-0.4, -0.2) is 29.0 Å². The van der Waals surface area contributed by atoms with Gasteiger partial charge in [-0.25, -0.2) is 0 Å². The second kappa shape index (κ2) is 6.82. The molecule has 0 saturated carbocycles. The summed E-state index contributed by atoms with van der Waals surface area (Å²) in [6.45, 7) is 6.78. The fourth-order valence-electron chi connectivity index (χ4n) is 2.98. The molecule has 106 valence electrons. The van der Waals surface area contributed by atoms with Gasteiger partial charge in [0.25, 0.3) is 0 Å². The second-order valence-corrected chi connectivity index (χ2v) is 6.85. The zero-order valence-corrected chi connectivity index (χ0v) is 13.4. The number of halogens is 1. The first-order valence-corrected chi connectivity index (χ1v) is 7.97. The summed E-state index contributed by atoms with van der Waals surface area (Å²) < 4.78 is 1.03. The Kier molecular flexibility index (Phi) is 5.37. The van der Waals surface area contributed by atoms with Crippen molar-refractivity contribution in [2.45, 2.75) is 45.2 Å². The molecule has 1 fully saturated rings. The van der Waals surface area contributed by atoms with E-state index in [4.69, 9.17) is 5.73 Å². The average molecular weight is 326 g/mol. The zero-order valence-electron chi connectivity index (χ0n) is 11.8. The van der Waals surface area contributed by atoms with Gasteiger partial charge in [-0.3, -0.25) is 9.88 Å². The van der Waals surface area contributed by atoms with Crippen LogP contribution < -0.4 is 5.73 Å². The van der Waals surface area contributed by atoms with E-state index in [2.05, 4.69) is 45.7 Å². The van der Waals surface area contributed by atoms with E-state index >= 15 is 0 Å². The molecule has 1 saturated heterocycles. The van der Waals surface area contributed by atoms with Crippen LogP contribution in [0.5, 0.6) is 0 Å². The van der Waals surface area contributed by atoms with Crippen LogP contribution in [0.15, 0.2) is 22.9 Å². The molecule has 0 amide bonds. The molecule has 0 spiro atoms. The molecule has 0 bridgehead atoms. The number of pyridine rings is 1. The minimum absolute atomic E-state index is 0.206. The topological polar surface area (TPSA) is 42.1 Å². The fourth-order valence-corrected chi connectivity index (χ4v) is 3.37. The minimum atomic E-state index is 0.206. The van der Waals surface area contributed by atoms with Crippen LogP contribution >= 0.6 is 15.9 Å². The molecule has 2 N–H and O–H groups in total. The van der Waals surface area contributed by atoms with Gasteiger partial charge in [0.15, 0.2) is 0 Å². The highest BCUT2D eigenvalue weighted by atomic mass is 79.9. The lowest BCUT2D eigenvalue weighted by atomic mass is 9.97. The zero-order chi connectivity index (χ0) is 13.8. The SMILES string of the molecule is CC(C)CN1CCCCC(N)C1c1cncc(Br)c1. The van der Waals surface area contributed by atoms with Gasteiger partial charge in [0, 0.05) is 29.5 Å². The number of hydrogen-bond donors (Lipinski definition) is 1. The fraction of sp³-hybridized carbons (Fsp3) is 0.667. The van der Waals surface area contributed by atoms with Gasteiger partial charge in [-0.1, -0.05) is 20.3 Å². The molecular formula is C15H24BrN3. The number of nitrogens with zero attached hydrogens (tertiary/aromatic N) is 2.